The summed E-state index contributed by atoms with van der Waals surface area (Å²) in [6.07, 6.45) is 2.38. The molecule has 3 nitrogen and oxygen atoms in total. The summed E-state index contributed by atoms with van der Waals surface area (Å²) in [5.41, 5.74) is 2.48. The van der Waals surface area contributed by atoms with E-state index in [1.54, 1.807) is 36.4 Å². The van der Waals surface area contributed by atoms with Crippen molar-refractivity contribution in [3.63, 3.8) is 0 Å². The fourth-order valence-electron chi connectivity index (χ4n) is 2.47. The smallest absolute Gasteiger partial charge is 0.266 e. The van der Waals surface area contributed by atoms with Crippen LogP contribution in [0.5, 0.6) is 0 Å². The largest absolute Gasteiger partial charge is 0.268 e. The van der Waals surface area contributed by atoms with E-state index in [0.29, 0.717) is 23.2 Å². The average molecular weight is 263 g/mol. The Labute approximate surface area is 117 Å². The molecule has 0 saturated heterocycles. The summed E-state index contributed by atoms with van der Waals surface area (Å²) in [7, 11) is 0. The number of para-hydroxylation sites is 1. The number of carbonyl (C=O) groups excluding carboxylic acids is 2. The molecule has 2 amide bonds. The van der Waals surface area contributed by atoms with Gasteiger partial charge >= 0.3 is 0 Å². The molecule has 3 heteroatoms. The summed E-state index contributed by atoms with van der Waals surface area (Å²) in [6.45, 7) is 3.71. The number of amides is 2. The van der Waals surface area contributed by atoms with E-state index in [1.807, 2.05) is 18.2 Å². The lowest BCUT2D eigenvalue weighted by atomic mass is 10.1. The lowest BCUT2D eigenvalue weighted by Crippen LogP contribution is -2.30. The van der Waals surface area contributed by atoms with Crippen LogP contribution < -0.4 is 4.90 Å². The van der Waals surface area contributed by atoms with E-state index in [2.05, 4.69) is 6.58 Å². The third-order valence-electron chi connectivity index (χ3n) is 3.39. The quantitative estimate of drug-likeness (QED) is 0.630. The number of imide groups is 1. The normalized spacial score (nSPS) is 13.5. The zero-order valence-corrected chi connectivity index (χ0v) is 10.9. The fourth-order valence-corrected chi connectivity index (χ4v) is 2.47. The predicted octanol–water partition coefficient (Wildman–Crippen LogP) is 3.22. The van der Waals surface area contributed by atoms with Crippen molar-refractivity contribution in [1.29, 1.82) is 0 Å². The van der Waals surface area contributed by atoms with Crippen LogP contribution in [-0.4, -0.2) is 11.8 Å². The predicted molar refractivity (Wildman–Crippen MR) is 77.9 cm³/mol. The van der Waals surface area contributed by atoms with Gasteiger partial charge in [-0.05, 0) is 30.2 Å². The number of carbonyl (C=O) groups is 2. The van der Waals surface area contributed by atoms with E-state index in [0.717, 1.165) is 5.56 Å². The van der Waals surface area contributed by atoms with Gasteiger partial charge in [-0.15, -0.1) is 6.58 Å². The summed E-state index contributed by atoms with van der Waals surface area (Å²) < 4.78 is 0. The zero-order chi connectivity index (χ0) is 14.1. The first-order chi connectivity index (χ1) is 9.74. The Morgan fingerprint density at radius 2 is 1.45 bits per heavy atom. The number of allylic oxidation sites excluding steroid dienone is 1. The molecule has 2 aromatic carbocycles. The molecule has 1 aliphatic heterocycles. The Morgan fingerprint density at radius 3 is 2.05 bits per heavy atom. The van der Waals surface area contributed by atoms with Gasteiger partial charge in [0.2, 0.25) is 0 Å². The highest BCUT2D eigenvalue weighted by molar-refractivity contribution is 6.34. The maximum Gasteiger partial charge on any atom is 0.266 e. The summed E-state index contributed by atoms with van der Waals surface area (Å²) in [6, 6.07) is 14.3. The van der Waals surface area contributed by atoms with Crippen LogP contribution in [0, 0.1) is 0 Å². The van der Waals surface area contributed by atoms with Gasteiger partial charge < -0.3 is 0 Å². The summed E-state index contributed by atoms with van der Waals surface area (Å²) in [4.78, 5) is 26.1. The van der Waals surface area contributed by atoms with E-state index in [9.17, 15) is 9.59 Å². The van der Waals surface area contributed by atoms with E-state index in [4.69, 9.17) is 0 Å². The Balaban J connectivity index is 2.12. The van der Waals surface area contributed by atoms with Crippen LogP contribution in [0.15, 0.2) is 61.2 Å². The van der Waals surface area contributed by atoms with Crippen LogP contribution in [0.4, 0.5) is 5.69 Å². The number of hydrogen-bond donors (Lipinski definition) is 0. The molecule has 20 heavy (non-hydrogen) atoms. The molecule has 0 unspecified atom stereocenters. The molecule has 0 fully saturated rings. The number of hydrogen-bond acceptors (Lipinski definition) is 2. The number of fused-ring (bicyclic) bond motifs is 1. The lowest BCUT2D eigenvalue weighted by molar-refractivity contribution is 0.0926. The van der Waals surface area contributed by atoms with Crippen molar-refractivity contribution in [2.75, 3.05) is 4.90 Å². The number of rotatable bonds is 3. The SMILES string of the molecule is C=CCc1ccccc1N1C(=O)c2ccccc2C1=O. The fraction of sp³-hybridized carbons (Fsp3) is 0.0588. The molecule has 0 spiro atoms. The van der Waals surface area contributed by atoms with Gasteiger partial charge in [0, 0.05) is 0 Å². The highest BCUT2D eigenvalue weighted by Gasteiger charge is 2.36. The first-order valence-corrected chi connectivity index (χ1v) is 6.40. The molecule has 0 saturated carbocycles. The van der Waals surface area contributed by atoms with Gasteiger partial charge in [0.25, 0.3) is 11.8 Å². The van der Waals surface area contributed by atoms with Gasteiger partial charge in [-0.1, -0.05) is 36.4 Å². The summed E-state index contributed by atoms with van der Waals surface area (Å²) >= 11 is 0. The van der Waals surface area contributed by atoms with Crippen LogP contribution in [0.1, 0.15) is 26.3 Å². The second kappa shape index (κ2) is 4.78. The highest BCUT2D eigenvalue weighted by Crippen LogP contribution is 2.30. The number of anilines is 1. The van der Waals surface area contributed by atoms with Gasteiger partial charge in [-0.2, -0.15) is 0 Å². The van der Waals surface area contributed by atoms with Gasteiger partial charge in [0.1, 0.15) is 0 Å². The summed E-state index contributed by atoms with van der Waals surface area (Å²) in [5.74, 6) is -0.524. The van der Waals surface area contributed by atoms with E-state index < -0.39 is 0 Å². The van der Waals surface area contributed by atoms with E-state index >= 15 is 0 Å². The van der Waals surface area contributed by atoms with Crippen molar-refractivity contribution >= 4 is 17.5 Å². The Bertz CT molecular complexity index is 683. The van der Waals surface area contributed by atoms with Gasteiger partial charge in [0.15, 0.2) is 0 Å². The van der Waals surface area contributed by atoms with Crippen molar-refractivity contribution in [2.45, 2.75) is 6.42 Å². The molecule has 0 aliphatic carbocycles. The number of benzene rings is 2. The highest BCUT2D eigenvalue weighted by atomic mass is 16.2. The second-order valence-corrected chi connectivity index (χ2v) is 4.61. The Hall–Kier alpha value is -2.68. The monoisotopic (exact) mass is 263 g/mol. The van der Waals surface area contributed by atoms with Crippen LogP contribution >= 0.6 is 0 Å². The molecule has 0 aromatic heterocycles. The molecule has 1 aliphatic rings. The molecule has 1 heterocycles. The van der Waals surface area contributed by atoms with Crippen molar-refractivity contribution in [2.24, 2.45) is 0 Å². The second-order valence-electron chi connectivity index (χ2n) is 4.61. The minimum atomic E-state index is -0.262. The van der Waals surface area contributed by atoms with Crippen molar-refractivity contribution in [1.82, 2.24) is 0 Å². The summed E-state index contributed by atoms with van der Waals surface area (Å²) in [5, 5.41) is 0. The standard InChI is InChI=1S/C17H13NO2/c1-2-7-12-8-3-6-11-15(12)18-16(19)13-9-4-5-10-14(13)17(18)20/h2-6,8-11H,1,7H2. The van der Waals surface area contributed by atoms with Gasteiger partial charge in [-0.3, -0.25) is 9.59 Å². The first-order valence-electron chi connectivity index (χ1n) is 6.40. The van der Waals surface area contributed by atoms with E-state index in [1.165, 1.54) is 4.90 Å². The molecule has 3 rings (SSSR count). The van der Waals surface area contributed by atoms with Crippen molar-refractivity contribution in [3.05, 3.63) is 77.9 Å². The molecular formula is C17H13NO2. The van der Waals surface area contributed by atoms with Gasteiger partial charge in [-0.25, -0.2) is 4.90 Å². The molecule has 0 N–H and O–H groups in total. The van der Waals surface area contributed by atoms with Gasteiger partial charge in [0.05, 0.1) is 16.8 Å². The minimum absolute atomic E-state index is 0.262. The van der Waals surface area contributed by atoms with E-state index in [-0.39, 0.29) is 11.8 Å². The molecule has 2 aromatic rings. The molecule has 0 radical (unpaired) electrons. The van der Waals surface area contributed by atoms with Crippen LogP contribution in [0.2, 0.25) is 0 Å². The minimum Gasteiger partial charge on any atom is -0.268 e. The Kier molecular flexibility index (Phi) is 2.95. The maximum absolute atomic E-state index is 12.4. The molecule has 0 bridgehead atoms. The lowest BCUT2D eigenvalue weighted by Gasteiger charge is -2.17. The molecule has 0 atom stereocenters. The molecule has 98 valence electrons. The maximum atomic E-state index is 12.4. The third-order valence-corrected chi connectivity index (χ3v) is 3.39. The van der Waals surface area contributed by atoms with Crippen LogP contribution in [-0.2, 0) is 6.42 Å². The molecular weight excluding hydrogens is 250 g/mol. The zero-order valence-electron chi connectivity index (χ0n) is 10.9. The average Bonchev–Trinajstić information content (AvgIpc) is 2.73. The van der Waals surface area contributed by atoms with Crippen molar-refractivity contribution in [3.8, 4) is 0 Å². The first kappa shape index (κ1) is 12.4. The van der Waals surface area contributed by atoms with Crippen LogP contribution in [0.3, 0.4) is 0 Å². The van der Waals surface area contributed by atoms with Crippen molar-refractivity contribution < 1.29 is 9.59 Å². The van der Waals surface area contributed by atoms with Crippen LogP contribution in [0.25, 0.3) is 0 Å². The topological polar surface area (TPSA) is 37.4 Å². The number of nitrogens with zero attached hydrogens (tertiary/aromatic N) is 1. The Morgan fingerprint density at radius 1 is 0.900 bits per heavy atom. The third kappa shape index (κ3) is 1.75.